The normalized spacial score (nSPS) is 10.6. The second kappa shape index (κ2) is 7.74. The van der Waals surface area contributed by atoms with Crippen molar-refractivity contribution in [3.63, 3.8) is 0 Å². The Morgan fingerprint density at radius 2 is 2.21 bits per heavy atom. The Bertz CT molecular complexity index is 406. The van der Waals surface area contributed by atoms with Gasteiger partial charge in [0, 0.05) is 18.8 Å². The van der Waals surface area contributed by atoms with Crippen molar-refractivity contribution in [2.45, 2.75) is 46.1 Å². The summed E-state index contributed by atoms with van der Waals surface area (Å²) < 4.78 is 0. The summed E-state index contributed by atoms with van der Waals surface area (Å²) in [7, 11) is 0. The monoisotopic (exact) mass is 264 g/mol. The lowest BCUT2D eigenvalue weighted by atomic mass is 10.2. The SMILES string of the molecule is CCCCCN(C(=O)c1cc(NN)ccn1)C(C)C. The molecule has 1 rings (SSSR count). The van der Waals surface area contributed by atoms with Crippen LogP contribution in [0.2, 0.25) is 0 Å². The van der Waals surface area contributed by atoms with E-state index in [4.69, 9.17) is 5.84 Å². The molecule has 5 nitrogen and oxygen atoms in total. The molecule has 1 amide bonds. The number of hydrogen-bond acceptors (Lipinski definition) is 4. The summed E-state index contributed by atoms with van der Waals surface area (Å²) in [5.41, 5.74) is 3.65. The van der Waals surface area contributed by atoms with Crippen LogP contribution in [0.1, 0.15) is 50.5 Å². The molecule has 3 N–H and O–H groups in total. The highest BCUT2D eigenvalue weighted by Crippen LogP contribution is 2.12. The number of nitrogen functional groups attached to an aromatic ring is 1. The van der Waals surface area contributed by atoms with Crippen LogP contribution in [0.25, 0.3) is 0 Å². The molecular weight excluding hydrogens is 240 g/mol. The van der Waals surface area contributed by atoms with Crippen LogP contribution in [0.15, 0.2) is 18.3 Å². The molecule has 1 aromatic rings. The number of aromatic nitrogens is 1. The Morgan fingerprint density at radius 1 is 1.47 bits per heavy atom. The van der Waals surface area contributed by atoms with Gasteiger partial charge in [-0.25, -0.2) is 0 Å². The maximum Gasteiger partial charge on any atom is 0.272 e. The first-order valence-corrected chi connectivity index (χ1v) is 6.83. The molecule has 19 heavy (non-hydrogen) atoms. The van der Waals surface area contributed by atoms with Gasteiger partial charge in [-0.2, -0.15) is 0 Å². The largest absolute Gasteiger partial charge is 0.335 e. The van der Waals surface area contributed by atoms with Gasteiger partial charge >= 0.3 is 0 Å². The average molecular weight is 264 g/mol. The van der Waals surface area contributed by atoms with Crippen LogP contribution >= 0.6 is 0 Å². The van der Waals surface area contributed by atoms with Gasteiger partial charge in [-0.15, -0.1) is 0 Å². The highest BCUT2D eigenvalue weighted by Gasteiger charge is 2.19. The highest BCUT2D eigenvalue weighted by atomic mass is 16.2. The molecule has 0 spiro atoms. The van der Waals surface area contributed by atoms with Crippen molar-refractivity contribution in [1.29, 1.82) is 0 Å². The smallest absolute Gasteiger partial charge is 0.272 e. The third-order valence-corrected chi connectivity index (χ3v) is 3.03. The van der Waals surface area contributed by atoms with E-state index >= 15 is 0 Å². The van der Waals surface area contributed by atoms with Crippen LogP contribution in [-0.4, -0.2) is 28.4 Å². The number of unbranched alkanes of at least 4 members (excludes halogenated alkanes) is 2. The number of nitrogens with two attached hydrogens (primary N) is 1. The fraction of sp³-hybridized carbons (Fsp3) is 0.571. The molecule has 0 bridgehead atoms. The van der Waals surface area contributed by atoms with Crippen molar-refractivity contribution in [1.82, 2.24) is 9.88 Å². The topological polar surface area (TPSA) is 71.2 Å². The van der Waals surface area contributed by atoms with E-state index in [0.29, 0.717) is 11.4 Å². The first-order chi connectivity index (χ1) is 9.10. The number of carbonyl (C=O) groups excluding carboxylic acids is 1. The molecule has 0 aliphatic carbocycles. The van der Waals surface area contributed by atoms with Gasteiger partial charge in [-0.1, -0.05) is 19.8 Å². The van der Waals surface area contributed by atoms with Crippen molar-refractivity contribution in [3.05, 3.63) is 24.0 Å². The van der Waals surface area contributed by atoms with Gasteiger partial charge in [0.15, 0.2) is 0 Å². The van der Waals surface area contributed by atoms with Crippen LogP contribution in [-0.2, 0) is 0 Å². The van der Waals surface area contributed by atoms with Gasteiger partial charge < -0.3 is 10.3 Å². The molecule has 0 saturated heterocycles. The van der Waals surface area contributed by atoms with E-state index < -0.39 is 0 Å². The van der Waals surface area contributed by atoms with Gasteiger partial charge in [-0.3, -0.25) is 15.6 Å². The minimum absolute atomic E-state index is 0.0387. The van der Waals surface area contributed by atoms with E-state index in [1.807, 2.05) is 18.7 Å². The van der Waals surface area contributed by atoms with E-state index in [0.717, 1.165) is 25.8 Å². The Kier molecular flexibility index (Phi) is 6.29. The van der Waals surface area contributed by atoms with Gasteiger partial charge in [0.2, 0.25) is 0 Å². The molecule has 0 radical (unpaired) electrons. The van der Waals surface area contributed by atoms with Crippen LogP contribution in [0.3, 0.4) is 0 Å². The number of rotatable bonds is 7. The molecule has 1 aromatic heterocycles. The van der Waals surface area contributed by atoms with E-state index in [1.54, 1.807) is 18.3 Å². The Hall–Kier alpha value is -1.62. The van der Waals surface area contributed by atoms with Crippen LogP contribution < -0.4 is 11.3 Å². The quantitative estimate of drug-likeness (QED) is 0.451. The number of hydrogen-bond donors (Lipinski definition) is 2. The van der Waals surface area contributed by atoms with Crippen molar-refractivity contribution >= 4 is 11.6 Å². The third-order valence-electron chi connectivity index (χ3n) is 3.03. The summed E-state index contributed by atoms with van der Waals surface area (Å²) in [4.78, 5) is 18.4. The number of carbonyl (C=O) groups is 1. The Balaban J connectivity index is 2.80. The minimum Gasteiger partial charge on any atom is -0.335 e. The zero-order valence-electron chi connectivity index (χ0n) is 12.0. The number of amides is 1. The summed E-state index contributed by atoms with van der Waals surface area (Å²) in [6.07, 6.45) is 4.89. The minimum atomic E-state index is -0.0387. The lowest BCUT2D eigenvalue weighted by molar-refractivity contribution is 0.0696. The van der Waals surface area contributed by atoms with Crippen LogP contribution in [0.4, 0.5) is 5.69 Å². The van der Waals surface area contributed by atoms with E-state index in [1.165, 1.54) is 0 Å². The first kappa shape index (κ1) is 15.4. The van der Waals surface area contributed by atoms with E-state index in [2.05, 4.69) is 17.3 Å². The molecule has 0 aliphatic rings. The molecule has 0 saturated carbocycles. The van der Waals surface area contributed by atoms with Gasteiger partial charge in [0.25, 0.3) is 5.91 Å². The zero-order valence-corrected chi connectivity index (χ0v) is 12.0. The van der Waals surface area contributed by atoms with Crippen molar-refractivity contribution in [3.8, 4) is 0 Å². The molecule has 0 unspecified atom stereocenters. The van der Waals surface area contributed by atoms with E-state index in [9.17, 15) is 4.79 Å². The Labute approximate surface area is 115 Å². The van der Waals surface area contributed by atoms with Gasteiger partial charge in [0.1, 0.15) is 5.69 Å². The second-order valence-electron chi connectivity index (χ2n) is 4.87. The number of nitrogens with zero attached hydrogens (tertiary/aromatic N) is 2. The fourth-order valence-electron chi connectivity index (χ4n) is 1.91. The van der Waals surface area contributed by atoms with Crippen molar-refractivity contribution in [2.24, 2.45) is 5.84 Å². The molecule has 0 aliphatic heterocycles. The molecule has 5 heteroatoms. The first-order valence-electron chi connectivity index (χ1n) is 6.83. The lowest BCUT2D eigenvalue weighted by Gasteiger charge is -2.26. The Morgan fingerprint density at radius 3 is 2.79 bits per heavy atom. The molecular formula is C14H24N4O. The summed E-state index contributed by atoms with van der Waals surface area (Å²) >= 11 is 0. The fourth-order valence-corrected chi connectivity index (χ4v) is 1.91. The number of anilines is 1. The predicted octanol–water partition coefficient (Wildman–Crippen LogP) is 2.41. The standard InChI is InChI=1S/C14H24N4O/c1-4-5-6-9-18(11(2)3)14(19)13-10-12(17-15)7-8-16-13/h7-8,10-11H,4-6,9,15H2,1-3H3,(H,16,17). The lowest BCUT2D eigenvalue weighted by Crippen LogP contribution is -2.38. The summed E-state index contributed by atoms with van der Waals surface area (Å²) in [5, 5.41) is 0. The summed E-state index contributed by atoms with van der Waals surface area (Å²) in [6, 6.07) is 3.58. The van der Waals surface area contributed by atoms with E-state index in [-0.39, 0.29) is 11.9 Å². The molecule has 0 atom stereocenters. The maximum atomic E-state index is 12.4. The average Bonchev–Trinajstić information content (AvgIpc) is 2.42. The highest BCUT2D eigenvalue weighted by molar-refractivity contribution is 5.93. The van der Waals surface area contributed by atoms with Crippen LogP contribution in [0, 0.1) is 0 Å². The van der Waals surface area contributed by atoms with Crippen molar-refractivity contribution < 1.29 is 4.79 Å². The molecule has 1 heterocycles. The second-order valence-corrected chi connectivity index (χ2v) is 4.87. The molecule has 0 aromatic carbocycles. The molecule has 0 fully saturated rings. The molecule has 106 valence electrons. The van der Waals surface area contributed by atoms with Gasteiger partial charge in [-0.05, 0) is 32.4 Å². The number of hydrazine groups is 1. The van der Waals surface area contributed by atoms with Gasteiger partial charge in [0.05, 0.1) is 5.69 Å². The summed E-state index contributed by atoms with van der Waals surface area (Å²) in [5.74, 6) is 5.31. The van der Waals surface area contributed by atoms with Crippen molar-refractivity contribution in [2.75, 3.05) is 12.0 Å². The van der Waals surface area contributed by atoms with Crippen LogP contribution in [0.5, 0.6) is 0 Å². The third kappa shape index (κ3) is 4.52. The predicted molar refractivity (Wildman–Crippen MR) is 77.7 cm³/mol. The maximum absolute atomic E-state index is 12.4. The number of nitrogens with one attached hydrogen (secondary N) is 1. The number of pyridine rings is 1. The zero-order chi connectivity index (χ0) is 14.3. The summed E-state index contributed by atoms with van der Waals surface area (Å²) in [6.45, 7) is 6.97.